The van der Waals surface area contributed by atoms with Crippen LogP contribution in [-0.4, -0.2) is 9.13 Å². The molecule has 2 aromatic heterocycles. The van der Waals surface area contributed by atoms with Gasteiger partial charge in [0, 0.05) is 33.2 Å². The lowest BCUT2D eigenvalue weighted by Gasteiger charge is -2.18. The fraction of sp³-hybridized carbons (Fsp3) is 0. The minimum Gasteiger partial charge on any atom is -0.307 e. The maximum Gasteiger partial charge on any atom is 0.0998 e. The second-order valence-electron chi connectivity index (χ2n) is 12.3. The molecule has 10 rings (SSSR count). The van der Waals surface area contributed by atoms with Crippen LogP contribution in [0.15, 0.2) is 146 Å². The first-order valence-electron chi connectivity index (χ1n) is 16.0. The van der Waals surface area contributed by atoms with E-state index in [0.717, 1.165) is 66.6 Å². The van der Waals surface area contributed by atoms with Crippen LogP contribution in [0.2, 0.25) is 0 Å². The van der Waals surface area contributed by atoms with Crippen molar-refractivity contribution >= 4 is 43.6 Å². The molecule has 0 spiro atoms. The van der Waals surface area contributed by atoms with E-state index in [1.54, 1.807) is 18.2 Å². The summed E-state index contributed by atoms with van der Waals surface area (Å²) in [6.07, 6.45) is 0. The minimum atomic E-state index is 0.492. The molecule has 1 aliphatic carbocycles. The summed E-state index contributed by atoms with van der Waals surface area (Å²) in [5.74, 6) is 0. The van der Waals surface area contributed by atoms with E-state index < -0.39 is 0 Å². The van der Waals surface area contributed by atoms with Crippen LogP contribution in [0, 0.1) is 22.7 Å². The number of para-hydroxylation sites is 3. The van der Waals surface area contributed by atoms with Gasteiger partial charge in [0.1, 0.15) is 0 Å². The molecule has 4 heteroatoms. The van der Waals surface area contributed by atoms with Crippen molar-refractivity contribution in [1.82, 2.24) is 9.13 Å². The average Bonchev–Trinajstić information content (AvgIpc) is 3.79. The number of aromatic nitrogens is 2. The molecule has 9 aromatic rings. The van der Waals surface area contributed by atoms with Gasteiger partial charge in [-0.2, -0.15) is 10.5 Å². The summed E-state index contributed by atoms with van der Waals surface area (Å²) >= 11 is 0. The summed E-state index contributed by atoms with van der Waals surface area (Å²) in [5, 5.41) is 25.2. The number of fused-ring (bicyclic) bond motifs is 8. The largest absolute Gasteiger partial charge is 0.307 e. The zero-order valence-electron chi connectivity index (χ0n) is 25.6. The van der Waals surface area contributed by atoms with Crippen molar-refractivity contribution < 1.29 is 0 Å². The summed E-state index contributed by atoms with van der Waals surface area (Å²) in [5.41, 5.74) is 13.7. The predicted molar refractivity (Wildman–Crippen MR) is 194 cm³/mol. The topological polar surface area (TPSA) is 57.4 Å². The smallest absolute Gasteiger partial charge is 0.0998 e. The number of nitrogens with zero attached hydrogens (tertiary/aromatic N) is 4. The molecular formula is C44H24N4. The monoisotopic (exact) mass is 608 g/mol. The van der Waals surface area contributed by atoms with Crippen molar-refractivity contribution in [1.29, 1.82) is 10.5 Å². The van der Waals surface area contributed by atoms with Gasteiger partial charge < -0.3 is 9.13 Å². The van der Waals surface area contributed by atoms with E-state index in [1.807, 2.05) is 0 Å². The van der Waals surface area contributed by atoms with Crippen LogP contribution < -0.4 is 0 Å². The Morgan fingerprint density at radius 3 is 1.65 bits per heavy atom. The first-order valence-corrected chi connectivity index (χ1v) is 16.0. The van der Waals surface area contributed by atoms with Gasteiger partial charge in [0.15, 0.2) is 0 Å². The van der Waals surface area contributed by atoms with Crippen molar-refractivity contribution in [2.45, 2.75) is 0 Å². The molecule has 1 aliphatic rings. The first kappa shape index (κ1) is 26.3. The lowest BCUT2D eigenvalue weighted by Crippen LogP contribution is -2.00. The third-order valence-corrected chi connectivity index (χ3v) is 9.93. The predicted octanol–water partition coefficient (Wildman–Crippen LogP) is 10.9. The SMILES string of the molecule is N#Cc1cccc(C#N)c1-c1ccc(-n2c3ccccc3c3c2c2ccccc2n3-c2ccccc2)c2c1-c1cccc3cccc-2c13. The molecule has 4 nitrogen and oxygen atoms in total. The number of rotatable bonds is 3. The molecule has 0 saturated carbocycles. The van der Waals surface area contributed by atoms with E-state index in [4.69, 9.17) is 0 Å². The van der Waals surface area contributed by atoms with Crippen LogP contribution in [0.1, 0.15) is 11.1 Å². The Morgan fingerprint density at radius 1 is 0.417 bits per heavy atom. The number of benzene rings is 7. The molecule has 0 N–H and O–H groups in total. The molecule has 220 valence electrons. The summed E-state index contributed by atoms with van der Waals surface area (Å²) < 4.78 is 4.82. The molecule has 0 amide bonds. The van der Waals surface area contributed by atoms with Gasteiger partial charge in [0.25, 0.3) is 0 Å². The molecule has 0 aliphatic heterocycles. The zero-order chi connectivity index (χ0) is 31.9. The molecule has 0 saturated heterocycles. The van der Waals surface area contributed by atoms with E-state index in [9.17, 15) is 10.5 Å². The van der Waals surface area contributed by atoms with Crippen LogP contribution in [0.4, 0.5) is 0 Å². The molecule has 0 atom stereocenters. The summed E-state index contributed by atoms with van der Waals surface area (Å²) in [6, 6.07) is 55.3. The maximum atomic E-state index is 10.2. The molecule has 48 heavy (non-hydrogen) atoms. The molecule has 0 fully saturated rings. The third-order valence-electron chi connectivity index (χ3n) is 9.93. The highest BCUT2D eigenvalue weighted by Crippen LogP contribution is 2.55. The Balaban J connectivity index is 1.42. The van der Waals surface area contributed by atoms with Gasteiger partial charge in [0.2, 0.25) is 0 Å². The van der Waals surface area contributed by atoms with Crippen LogP contribution in [0.25, 0.3) is 88.4 Å². The fourth-order valence-corrected chi connectivity index (χ4v) is 8.11. The second-order valence-corrected chi connectivity index (χ2v) is 12.3. The number of hydrogen-bond donors (Lipinski definition) is 0. The molecule has 0 radical (unpaired) electrons. The Labute approximate surface area is 276 Å². The van der Waals surface area contributed by atoms with Crippen molar-refractivity contribution in [2.24, 2.45) is 0 Å². The highest BCUT2D eigenvalue weighted by molar-refractivity contribution is 6.23. The molecule has 0 unspecified atom stereocenters. The third kappa shape index (κ3) is 3.36. The summed E-state index contributed by atoms with van der Waals surface area (Å²) in [6.45, 7) is 0. The van der Waals surface area contributed by atoms with Gasteiger partial charge in [-0.05, 0) is 69.9 Å². The van der Waals surface area contributed by atoms with Crippen molar-refractivity contribution in [3.05, 3.63) is 157 Å². The summed E-state index contributed by atoms with van der Waals surface area (Å²) in [7, 11) is 0. The second kappa shape index (κ2) is 9.81. The quantitative estimate of drug-likeness (QED) is 0.200. The van der Waals surface area contributed by atoms with Crippen molar-refractivity contribution in [3.8, 4) is 56.9 Å². The van der Waals surface area contributed by atoms with Gasteiger partial charge in [-0.25, -0.2) is 0 Å². The highest BCUT2D eigenvalue weighted by atomic mass is 15.1. The first-order chi connectivity index (χ1) is 23.8. The van der Waals surface area contributed by atoms with Gasteiger partial charge in [-0.3, -0.25) is 0 Å². The zero-order valence-corrected chi connectivity index (χ0v) is 25.6. The van der Waals surface area contributed by atoms with Crippen LogP contribution >= 0.6 is 0 Å². The molecule has 2 heterocycles. The van der Waals surface area contributed by atoms with Gasteiger partial charge in [-0.15, -0.1) is 0 Å². The Hall–Kier alpha value is -6.88. The van der Waals surface area contributed by atoms with Gasteiger partial charge in [-0.1, -0.05) is 103 Å². The molecule has 7 aromatic carbocycles. The van der Waals surface area contributed by atoms with Crippen molar-refractivity contribution in [3.63, 3.8) is 0 Å². The standard InChI is InChI=1S/C44H24N4/c45-25-28-13-8-14-29(26-46)39(28)35-23-24-38(42-34-20-10-12-27-11-9-19-33(40(27)34)41(35)42)48-37-22-7-5-18-32(37)43-44(48)31-17-4-6-21-36(31)47(43)30-15-2-1-3-16-30/h1-24H. The van der Waals surface area contributed by atoms with Crippen LogP contribution in [0.5, 0.6) is 0 Å². The average molecular weight is 609 g/mol. The van der Waals surface area contributed by atoms with E-state index in [0.29, 0.717) is 16.7 Å². The van der Waals surface area contributed by atoms with Gasteiger partial charge in [0.05, 0.1) is 51.0 Å². The van der Waals surface area contributed by atoms with Gasteiger partial charge >= 0.3 is 0 Å². The minimum absolute atomic E-state index is 0.492. The van der Waals surface area contributed by atoms with E-state index in [1.165, 1.54) is 16.2 Å². The Morgan fingerprint density at radius 2 is 0.979 bits per heavy atom. The molecule has 0 bridgehead atoms. The normalized spacial score (nSPS) is 11.7. The lowest BCUT2D eigenvalue weighted by molar-refractivity contribution is 1.18. The molecular weight excluding hydrogens is 585 g/mol. The van der Waals surface area contributed by atoms with Crippen LogP contribution in [0.3, 0.4) is 0 Å². The van der Waals surface area contributed by atoms with Crippen molar-refractivity contribution in [2.75, 3.05) is 0 Å². The van der Waals surface area contributed by atoms with E-state index in [-0.39, 0.29) is 0 Å². The lowest BCUT2D eigenvalue weighted by atomic mass is 9.87. The maximum absolute atomic E-state index is 10.2. The van der Waals surface area contributed by atoms with Crippen LogP contribution in [-0.2, 0) is 0 Å². The van der Waals surface area contributed by atoms with E-state index >= 15 is 0 Å². The highest BCUT2D eigenvalue weighted by Gasteiger charge is 2.31. The fourth-order valence-electron chi connectivity index (χ4n) is 8.11. The Kier molecular flexibility index (Phi) is 5.38. The number of hydrogen-bond acceptors (Lipinski definition) is 2. The Bertz CT molecular complexity index is 2870. The number of nitriles is 2. The van der Waals surface area contributed by atoms with E-state index in [2.05, 4.69) is 149 Å². The summed E-state index contributed by atoms with van der Waals surface area (Å²) in [4.78, 5) is 0.